The van der Waals surface area contributed by atoms with E-state index in [1.54, 1.807) is 38.1 Å². The van der Waals surface area contributed by atoms with Crippen LogP contribution in [0.4, 0.5) is 16.4 Å². The summed E-state index contributed by atoms with van der Waals surface area (Å²) in [5.41, 5.74) is 9.74. The molecule has 0 unspecified atom stereocenters. The minimum absolute atomic E-state index is 0.0191. The molecule has 2 heterocycles. The molecule has 2 amide bonds. The first-order valence-electron chi connectivity index (χ1n) is 16.8. The van der Waals surface area contributed by atoms with Gasteiger partial charge in [-0.3, -0.25) is 9.59 Å². The van der Waals surface area contributed by atoms with E-state index in [0.29, 0.717) is 19.6 Å². The molecule has 0 spiro atoms. The van der Waals surface area contributed by atoms with Gasteiger partial charge in [-0.15, -0.1) is 22.7 Å². The van der Waals surface area contributed by atoms with Gasteiger partial charge < -0.3 is 16.4 Å². The van der Waals surface area contributed by atoms with Gasteiger partial charge in [0.2, 0.25) is 9.05 Å². The molecule has 4 rings (SSSR count). The molecule has 0 atom stereocenters. The fourth-order valence-electron chi connectivity index (χ4n) is 4.07. The fraction of sp³-hybridized carbons (Fsp3) is 0.405. The predicted molar refractivity (Wildman–Crippen MR) is 217 cm³/mol. The van der Waals surface area contributed by atoms with Gasteiger partial charge in [-0.25, -0.2) is 16.8 Å². The van der Waals surface area contributed by atoms with E-state index in [-0.39, 0.29) is 17.6 Å². The van der Waals surface area contributed by atoms with Crippen molar-refractivity contribution in [2.24, 2.45) is 0 Å². The number of nitrogens with two attached hydrogens (primary N) is 1. The van der Waals surface area contributed by atoms with Crippen molar-refractivity contribution >= 4 is 80.4 Å². The number of nitrogens with one attached hydrogen (secondary N) is 2. The van der Waals surface area contributed by atoms with E-state index in [1.165, 1.54) is 60.5 Å². The number of carbonyl (C=O) groups excluding carboxylic acids is 2. The lowest BCUT2D eigenvalue weighted by Gasteiger charge is -2.06. The number of thiophene rings is 2. The Morgan fingerprint density at radius 1 is 0.667 bits per heavy atom. The van der Waals surface area contributed by atoms with Gasteiger partial charge >= 0.3 is 0 Å². The molecule has 0 bridgehead atoms. The van der Waals surface area contributed by atoms with Crippen LogP contribution in [0, 0.1) is 0 Å². The number of carbonyl (C=O) groups is 2. The second-order valence-corrected chi connectivity index (χ2v) is 20.4. The van der Waals surface area contributed by atoms with E-state index in [1.807, 2.05) is 36.4 Å². The summed E-state index contributed by atoms with van der Waals surface area (Å²) in [6, 6.07) is 22.8. The van der Waals surface area contributed by atoms with Crippen LogP contribution in [-0.4, -0.2) is 39.1 Å². The minimum Gasteiger partial charge on any atom is -0.391 e. The van der Waals surface area contributed by atoms with Crippen LogP contribution in [0.3, 0.4) is 0 Å². The molecular weight excluding hydrogens is 746 g/mol. The third-order valence-corrected chi connectivity index (χ3v) is 13.9. The maximum atomic E-state index is 12.3. The summed E-state index contributed by atoms with van der Waals surface area (Å²) in [4.78, 5) is 26.1. The molecular formula is C37H50ClN3O6S4. The lowest BCUT2D eigenvalue weighted by molar-refractivity contribution is 0.102. The standard InChI is InChI=1S/C19H25NO3S2.C15H18N2OS.C3H7ClO2S/c1-4-5-6-15-7-9-16(10-8-15)20-19(21)18-12-11-17(24-18)13-25(22,23)14(2)3;1-2-3-4-11-5-7-12(8-6-11)17-15(18)13-9-10-14(16)19-13;1-3(2)7(4,5)6/h7-12,14H,4-6,13H2,1-3H3,(H,20,21);5-10H,2-4,16H2,1H3,(H,17,18);3H,1-2H3. The molecule has 4 aromatic rings. The summed E-state index contributed by atoms with van der Waals surface area (Å²) in [7, 11) is -1.58. The van der Waals surface area contributed by atoms with E-state index < -0.39 is 29.4 Å². The Hall–Kier alpha value is -3.23. The van der Waals surface area contributed by atoms with Crippen LogP contribution in [0.5, 0.6) is 0 Å². The maximum absolute atomic E-state index is 12.3. The third kappa shape index (κ3) is 16.3. The number of sulfone groups is 1. The zero-order valence-electron chi connectivity index (χ0n) is 30.1. The van der Waals surface area contributed by atoms with Crippen LogP contribution in [0.15, 0.2) is 72.8 Å². The summed E-state index contributed by atoms with van der Waals surface area (Å²) >= 11 is 2.52. The number of hydrogen-bond donors (Lipinski definition) is 3. The van der Waals surface area contributed by atoms with Crippen molar-refractivity contribution in [2.45, 2.75) is 96.3 Å². The van der Waals surface area contributed by atoms with Crippen LogP contribution in [0.2, 0.25) is 0 Å². The number of amides is 2. The van der Waals surface area contributed by atoms with Gasteiger partial charge in [0, 0.05) is 26.9 Å². The molecule has 2 aromatic heterocycles. The Bertz CT molecular complexity index is 1880. The second kappa shape index (κ2) is 21.3. The predicted octanol–water partition coefficient (Wildman–Crippen LogP) is 9.55. The summed E-state index contributed by atoms with van der Waals surface area (Å²) in [5.74, 6) is -0.336. The molecule has 0 saturated carbocycles. The summed E-state index contributed by atoms with van der Waals surface area (Å²) in [6.07, 6.45) is 6.84. The lowest BCUT2D eigenvalue weighted by Crippen LogP contribution is -2.15. The average molecular weight is 797 g/mol. The highest BCUT2D eigenvalue weighted by molar-refractivity contribution is 8.14. The van der Waals surface area contributed by atoms with Gasteiger partial charge in [0.1, 0.15) is 0 Å². The molecule has 14 heteroatoms. The number of hydrogen-bond acceptors (Lipinski definition) is 9. The van der Waals surface area contributed by atoms with E-state index >= 15 is 0 Å². The minimum atomic E-state index is -3.27. The molecule has 0 saturated heterocycles. The number of rotatable bonds is 14. The number of anilines is 3. The number of unbranched alkanes of at least 4 members (excludes halogenated alkanes) is 2. The fourth-order valence-corrected chi connectivity index (χ4v) is 7.00. The van der Waals surface area contributed by atoms with Crippen LogP contribution in [0.25, 0.3) is 0 Å². The van der Waals surface area contributed by atoms with Crippen molar-refractivity contribution in [2.75, 3.05) is 16.4 Å². The monoisotopic (exact) mass is 795 g/mol. The third-order valence-electron chi connectivity index (χ3n) is 7.42. The highest BCUT2D eigenvalue weighted by Crippen LogP contribution is 2.23. The molecule has 0 aliphatic rings. The van der Waals surface area contributed by atoms with Crippen molar-refractivity contribution in [3.8, 4) is 0 Å². The highest BCUT2D eigenvalue weighted by atomic mass is 35.7. The first-order valence-corrected chi connectivity index (χ1v) is 22.6. The van der Waals surface area contributed by atoms with Gasteiger partial charge in [-0.2, -0.15) is 0 Å². The quantitative estimate of drug-likeness (QED) is 0.108. The van der Waals surface area contributed by atoms with Crippen LogP contribution < -0.4 is 16.4 Å². The van der Waals surface area contributed by atoms with Crippen LogP contribution in [-0.2, 0) is 37.5 Å². The summed E-state index contributed by atoms with van der Waals surface area (Å²) in [6.45, 7) is 10.7. The van der Waals surface area contributed by atoms with Crippen molar-refractivity contribution in [1.29, 1.82) is 0 Å². The topological polar surface area (TPSA) is 152 Å². The molecule has 0 aliphatic heterocycles. The number of benzene rings is 2. The Morgan fingerprint density at radius 3 is 1.43 bits per heavy atom. The van der Waals surface area contributed by atoms with E-state index in [2.05, 4.69) is 36.6 Å². The van der Waals surface area contributed by atoms with Crippen molar-refractivity contribution in [1.82, 2.24) is 0 Å². The normalized spacial score (nSPS) is 11.3. The largest absolute Gasteiger partial charge is 0.391 e. The Kier molecular flexibility index (Phi) is 18.4. The molecule has 280 valence electrons. The summed E-state index contributed by atoms with van der Waals surface area (Å²) < 4.78 is 44.2. The second-order valence-electron chi connectivity index (χ2n) is 12.4. The Balaban J connectivity index is 0.000000305. The zero-order chi connectivity index (χ0) is 38.2. The molecule has 0 aliphatic carbocycles. The highest BCUT2D eigenvalue weighted by Gasteiger charge is 2.19. The van der Waals surface area contributed by atoms with Gasteiger partial charge in [-0.05, 0) is 113 Å². The smallest absolute Gasteiger partial charge is 0.265 e. The molecule has 51 heavy (non-hydrogen) atoms. The first kappa shape index (κ1) is 43.9. The van der Waals surface area contributed by atoms with Crippen molar-refractivity contribution < 1.29 is 26.4 Å². The van der Waals surface area contributed by atoms with Crippen molar-refractivity contribution in [3.63, 3.8) is 0 Å². The van der Waals surface area contributed by atoms with Gasteiger partial charge in [0.15, 0.2) is 9.84 Å². The van der Waals surface area contributed by atoms with Gasteiger partial charge in [0.25, 0.3) is 11.8 Å². The molecule has 0 fully saturated rings. The number of halogens is 1. The molecule has 4 N–H and O–H groups in total. The van der Waals surface area contributed by atoms with Crippen LogP contribution >= 0.6 is 33.4 Å². The molecule has 0 radical (unpaired) electrons. The average Bonchev–Trinajstić information content (AvgIpc) is 3.73. The van der Waals surface area contributed by atoms with Gasteiger partial charge in [0.05, 0.1) is 31.0 Å². The Morgan fingerprint density at radius 2 is 1.08 bits per heavy atom. The molecule has 9 nitrogen and oxygen atoms in total. The zero-order valence-corrected chi connectivity index (χ0v) is 34.1. The molecule has 2 aromatic carbocycles. The van der Waals surface area contributed by atoms with E-state index in [4.69, 9.17) is 16.4 Å². The van der Waals surface area contributed by atoms with Crippen LogP contribution in [0.1, 0.15) is 103 Å². The van der Waals surface area contributed by atoms with Gasteiger partial charge in [-0.1, -0.05) is 51.0 Å². The number of aryl methyl sites for hydroxylation is 2. The number of nitrogen functional groups attached to an aromatic ring is 1. The lowest BCUT2D eigenvalue weighted by atomic mass is 10.1. The SMILES string of the molecule is CC(C)S(=O)(=O)Cl.CCCCc1ccc(NC(=O)c2ccc(CS(=O)(=O)C(C)C)s2)cc1.CCCCc1ccc(NC(=O)c2ccc(N)s2)cc1. The van der Waals surface area contributed by atoms with E-state index in [9.17, 15) is 26.4 Å². The van der Waals surface area contributed by atoms with Crippen molar-refractivity contribution in [3.05, 3.63) is 98.6 Å². The first-order chi connectivity index (χ1) is 23.9. The Labute approximate surface area is 316 Å². The van der Waals surface area contributed by atoms with E-state index in [0.717, 1.165) is 37.1 Å². The summed E-state index contributed by atoms with van der Waals surface area (Å²) in [5, 5.41) is 5.50. The maximum Gasteiger partial charge on any atom is 0.265 e.